The molecule has 2 aliphatic heterocycles. The molecule has 1 amide bonds. The maximum atomic E-state index is 12.3. The molecule has 2 aliphatic rings. The van der Waals surface area contributed by atoms with Crippen molar-refractivity contribution >= 4 is 29.2 Å². The van der Waals surface area contributed by atoms with Crippen molar-refractivity contribution in [3.05, 3.63) is 24.3 Å². The number of rotatable bonds is 7. The van der Waals surface area contributed by atoms with E-state index in [4.69, 9.17) is 19.8 Å². The largest absolute Gasteiger partial charge is 0.473 e. The molecule has 3 rings (SSSR count). The predicted molar refractivity (Wildman–Crippen MR) is 120 cm³/mol. The van der Waals surface area contributed by atoms with Gasteiger partial charge < -0.3 is 30.6 Å². The Kier molecular flexibility index (Phi) is 10.8. The summed E-state index contributed by atoms with van der Waals surface area (Å²) in [6, 6.07) is 8.17. The third-order valence-corrected chi connectivity index (χ3v) is 5.40. The lowest BCUT2D eigenvalue weighted by Gasteiger charge is -2.30. The van der Waals surface area contributed by atoms with Crippen LogP contribution in [-0.2, 0) is 14.4 Å². The van der Waals surface area contributed by atoms with Crippen LogP contribution in [0.25, 0.3) is 0 Å². The number of hydrogen-bond acceptors (Lipinski definition) is 6. The van der Waals surface area contributed by atoms with E-state index in [1.54, 1.807) is 0 Å². The number of hydrogen-bond donors (Lipinski definition) is 4. The zero-order valence-corrected chi connectivity index (χ0v) is 18.0. The lowest BCUT2D eigenvalue weighted by atomic mass is 10.1. The fraction of sp³-hybridized carbons (Fsp3) is 0.591. The Balaban J connectivity index is 0.000000501. The van der Waals surface area contributed by atoms with Crippen LogP contribution in [-0.4, -0.2) is 78.8 Å². The molecule has 1 aromatic carbocycles. The fourth-order valence-electron chi connectivity index (χ4n) is 3.81. The normalized spacial score (nSPS) is 16.7. The summed E-state index contributed by atoms with van der Waals surface area (Å²) in [6.45, 7) is 6.87. The molecule has 2 fully saturated rings. The molecule has 0 radical (unpaired) electrons. The first kappa shape index (κ1) is 24.6. The van der Waals surface area contributed by atoms with Gasteiger partial charge in [-0.1, -0.05) is 18.6 Å². The molecule has 4 N–H and O–H groups in total. The second-order valence-corrected chi connectivity index (χ2v) is 7.80. The standard InChI is InChI=1S/C20H32N4O.C2H2O4/c25-20(17-21-11-16-23-12-5-1-6-13-23)22-18-9-3-4-10-19(18)24-14-7-2-8-15-24;3-1(4)2(5)6/h3-4,9-10,21H,1-2,5-8,11-17H2,(H,22,25);(H,3,4)(H,5,6). The Morgan fingerprint density at radius 3 is 2.03 bits per heavy atom. The van der Waals surface area contributed by atoms with Crippen molar-refractivity contribution in [3.63, 3.8) is 0 Å². The average Bonchev–Trinajstić information content (AvgIpc) is 2.79. The molecule has 1 aromatic rings. The van der Waals surface area contributed by atoms with E-state index in [0.717, 1.165) is 37.6 Å². The van der Waals surface area contributed by atoms with Gasteiger partial charge in [0.05, 0.1) is 17.9 Å². The smallest absolute Gasteiger partial charge is 0.414 e. The molecule has 9 heteroatoms. The molecule has 0 saturated carbocycles. The summed E-state index contributed by atoms with van der Waals surface area (Å²) in [5, 5.41) is 21.2. The third kappa shape index (κ3) is 9.35. The summed E-state index contributed by atoms with van der Waals surface area (Å²) in [5.41, 5.74) is 2.09. The second kappa shape index (κ2) is 13.6. The van der Waals surface area contributed by atoms with Crippen LogP contribution in [0.5, 0.6) is 0 Å². The predicted octanol–water partition coefficient (Wildman–Crippen LogP) is 1.85. The van der Waals surface area contributed by atoms with Crippen molar-refractivity contribution in [1.82, 2.24) is 10.2 Å². The minimum absolute atomic E-state index is 0.0445. The number of likely N-dealkylation sites (tertiary alicyclic amines) is 1. The molecule has 2 saturated heterocycles. The number of amides is 1. The lowest BCUT2D eigenvalue weighted by molar-refractivity contribution is -0.159. The van der Waals surface area contributed by atoms with Crippen molar-refractivity contribution in [2.24, 2.45) is 0 Å². The van der Waals surface area contributed by atoms with Gasteiger partial charge in [0, 0.05) is 26.2 Å². The van der Waals surface area contributed by atoms with Crippen LogP contribution >= 0.6 is 0 Å². The maximum absolute atomic E-state index is 12.3. The van der Waals surface area contributed by atoms with Gasteiger partial charge in [0.2, 0.25) is 5.91 Å². The van der Waals surface area contributed by atoms with Gasteiger partial charge in [-0.25, -0.2) is 9.59 Å². The minimum atomic E-state index is -1.82. The molecule has 0 unspecified atom stereocenters. The van der Waals surface area contributed by atoms with Crippen molar-refractivity contribution < 1.29 is 24.6 Å². The fourth-order valence-corrected chi connectivity index (χ4v) is 3.81. The second-order valence-electron chi connectivity index (χ2n) is 7.80. The van der Waals surface area contributed by atoms with Gasteiger partial charge in [0.15, 0.2) is 0 Å². The number of aliphatic carboxylic acids is 2. The number of nitrogens with zero attached hydrogens (tertiary/aromatic N) is 2. The Morgan fingerprint density at radius 2 is 1.42 bits per heavy atom. The Morgan fingerprint density at radius 1 is 0.839 bits per heavy atom. The first-order valence-corrected chi connectivity index (χ1v) is 11.0. The summed E-state index contributed by atoms with van der Waals surface area (Å²) in [4.78, 5) is 35.4. The first-order chi connectivity index (χ1) is 15.0. The van der Waals surface area contributed by atoms with Gasteiger partial charge in [-0.15, -0.1) is 0 Å². The highest BCUT2D eigenvalue weighted by Gasteiger charge is 2.15. The molecule has 0 aliphatic carbocycles. The Hall–Kier alpha value is -2.65. The zero-order valence-electron chi connectivity index (χ0n) is 18.0. The van der Waals surface area contributed by atoms with Gasteiger partial charge in [-0.3, -0.25) is 4.79 Å². The molecule has 0 aromatic heterocycles. The van der Waals surface area contributed by atoms with Crippen LogP contribution < -0.4 is 15.5 Å². The van der Waals surface area contributed by atoms with Crippen molar-refractivity contribution in [1.29, 1.82) is 0 Å². The van der Waals surface area contributed by atoms with E-state index in [1.807, 2.05) is 12.1 Å². The molecule has 172 valence electrons. The van der Waals surface area contributed by atoms with Gasteiger partial charge in [0.1, 0.15) is 0 Å². The molecule has 0 spiro atoms. The molecule has 0 bridgehead atoms. The number of carboxylic acid groups (broad SMARTS) is 2. The van der Waals surface area contributed by atoms with Crippen LogP contribution in [0.3, 0.4) is 0 Å². The highest BCUT2D eigenvalue weighted by Crippen LogP contribution is 2.28. The van der Waals surface area contributed by atoms with E-state index in [2.05, 4.69) is 32.6 Å². The molecule has 0 atom stereocenters. The number of anilines is 2. The SMILES string of the molecule is O=C(CNCCN1CCCCC1)Nc1ccccc1N1CCCCC1.O=C(O)C(=O)O. The van der Waals surface area contributed by atoms with Crippen LogP contribution in [0.2, 0.25) is 0 Å². The van der Waals surface area contributed by atoms with Crippen LogP contribution in [0, 0.1) is 0 Å². The summed E-state index contributed by atoms with van der Waals surface area (Å²) in [7, 11) is 0. The monoisotopic (exact) mass is 434 g/mol. The van der Waals surface area contributed by atoms with Crippen molar-refractivity contribution in [2.75, 3.05) is 56.0 Å². The molecule has 9 nitrogen and oxygen atoms in total. The summed E-state index contributed by atoms with van der Waals surface area (Å²) in [5.74, 6) is -3.60. The van der Waals surface area contributed by atoms with Crippen LogP contribution in [0.15, 0.2) is 24.3 Å². The minimum Gasteiger partial charge on any atom is -0.473 e. The van der Waals surface area contributed by atoms with E-state index in [-0.39, 0.29) is 5.91 Å². The van der Waals surface area contributed by atoms with E-state index >= 15 is 0 Å². The zero-order chi connectivity index (χ0) is 22.5. The van der Waals surface area contributed by atoms with Gasteiger partial charge >= 0.3 is 11.9 Å². The average molecular weight is 435 g/mol. The van der Waals surface area contributed by atoms with E-state index in [0.29, 0.717) is 6.54 Å². The Bertz CT molecular complexity index is 704. The summed E-state index contributed by atoms with van der Waals surface area (Å²) >= 11 is 0. The number of nitrogens with one attached hydrogen (secondary N) is 2. The van der Waals surface area contributed by atoms with E-state index < -0.39 is 11.9 Å². The summed E-state index contributed by atoms with van der Waals surface area (Å²) in [6.07, 6.45) is 7.77. The number of benzene rings is 1. The third-order valence-electron chi connectivity index (χ3n) is 5.40. The van der Waals surface area contributed by atoms with E-state index in [9.17, 15) is 4.79 Å². The summed E-state index contributed by atoms with van der Waals surface area (Å²) < 4.78 is 0. The van der Waals surface area contributed by atoms with Crippen molar-refractivity contribution in [3.8, 4) is 0 Å². The van der Waals surface area contributed by atoms with Gasteiger partial charge in [-0.05, 0) is 57.3 Å². The molecule has 31 heavy (non-hydrogen) atoms. The van der Waals surface area contributed by atoms with E-state index in [1.165, 1.54) is 51.6 Å². The van der Waals surface area contributed by atoms with Gasteiger partial charge in [-0.2, -0.15) is 0 Å². The molecular weight excluding hydrogens is 400 g/mol. The first-order valence-electron chi connectivity index (χ1n) is 11.0. The maximum Gasteiger partial charge on any atom is 0.414 e. The number of para-hydroxylation sites is 2. The quantitative estimate of drug-likeness (QED) is 0.379. The lowest BCUT2D eigenvalue weighted by Crippen LogP contribution is -2.38. The highest BCUT2D eigenvalue weighted by atomic mass is 16.4. The Labute approximate surface area is 183 Å². The van der Waals surface area contributed by atoms with Crippen LogP contribution in [0.1, 0.15) is 38.5 Å². The van der Waals surface area contributed by atoms with Crippen molar-refractivity contribution in [2.45, 2.75) is 38.5 Å². The van der Waals surface area contributed by atoms with Crippen LogP contribution in [0.4, 0.5) is 11.4 Å². The number of carbonyl (C=O) groups excluding carboxylic acids is 1. The number of carbonyl (C=O) groups is 3. The number of piperidine rings is 2. The number of carboxylic acids is 2. The van der Waals surface area contributed by atoms with Gasteiger partial charge in [0.25, 0.3) is 0 Å². The highest BCUT2D eigenvalue weighted by molar-refractivity contribution is 6.27. The topological polar surface area (TPSA) is 122 Å². The molecule has 2 heterocycles. The molecular formula is C22H34N4O5.